The molecule has 1 amide bonds. The number of halogens is 2. The van der Waals surface area contributed by atoms with Crippen LogP contribution in [0.3, 0.4) is 0 Å². The Morgan fingerprint density at radius 3 is 2.35 bits per heavy atom. The predicted molar refractivity (Wildman–Crippen MR) is 131 cm³/mol. The summed E-state index contributed by atoms with van der Waals surface area (Å²) in [5.74, 6) is -1.21. The molecule has 1 heterocycles. The third kappa shape index (κ3) is 8.06. The molecule has 2 N–H and O–H groups in total. The summed E-state index contributed by atoms with van der Waals surface area (Å²) in [6.45, 7) is 7.01. The predicted octanol–water partition coefficient (Wildman–Crippen LogP) is 4.23. The SMILES string of the molecule is CC(C)(O)CNC(=O)c1cc(-c2ccc(Cl)cc2)nn(-c2cccc(F)c2)c1=O.COC(C)C. The number of nitrogens with zero attached hydrogens (tertiary/aromatic N) is 2. The summed E-state index contributed by atoms with van der Waals surface area (Å²) < 4.78 is 19.4. The number of carbonyl (C=O) groups is 1. The van der Waals surface area contributed by atoms with Crippen molar-refractivity contribution in [1.82, 2.24) is 15.1 Å². The van der Waals surface area contributed by atoms with Gasteiger partial charge in [-0.15, -0.1) is 0 Å². The van der Waals surface area contributed by atoms with Crippen LogP contribution in [0.25, 0.3) is 16.9 Å². The fraction of sp³-hybridized carbons (Fsp3) is 0.320. The second-order valence-electron chi connectivity index (χ2n) is 8.43. The number of rotatable bonds is 6. The fourth-order valence-electron chi connectivity index (χ4n) is 2.59. The molecule has 0 saturated heterocycles. The number of benzene rings is 2. The summed E-state index contributed by atoms with van der Waals surface area (Å²) in [6.07, 6.45) is 0.384. The quantitative estimate of drug-likeness (QED) is 0.540. The van der Waals surface area contributed by atoms with Gasteiger partial charge in [-0.1, -0.05) is 29.8 Å². The number of hydrogen-bond acceptors (Lipinski definition) is 5. The Hall–Kier alpha value is -3.07. The lowest BCUT2D eigenvalue weighted by atomic mass is 10.1. The number of amides is 1. The van der Waals surface area contributed by atoms with Gasteiger partial charge in [0.1, 0.15) is 11.4 Å². The normalized spacial score (nSPS) is 11.1. The molecule has 0 radical (unpaired) electrons. The van der Waals surface area contributed by atoms with Gasteiger partial charge >= 0.3 is 0 Å². The highest BCUT2D eigenvalue weighted by atomic mass is 35.5. The monoisotopic (exact) mass is 489 g/mol. The van der Waals surface area contributed by atoms with Crippen molar-refractivity contribution in [1.29, 1.82) is 0 Å². The first kappa shape index (κ1) is 27.2. The van der Waals surface area contributed by atoms with Crippen molar-refractivity contribution in [2.75, 3.05) is 13.7 Å². The van der Waals surface area contributed by atoms with Crippen molar-refractivity contribution < 1.29 is 19.0 Å². The fourth-order valence-corrected chi connectivity index (χ4v) is 2.72. The zero-order valence-electron chi connectivity index (χ0n) is 19.8. The molecule has 0 atom stereocenters. The Balaban J connectivity index is 0.000000739. The number of carbonyl (C=O) groups excluding carboxylic acids is 1. The van der Waals surface area contributed by atoms with Crippen LogP contribution < -0.4 is 10.9 Å². The number of ether oxygens (including phenoxy) is 1. The van der Waals surface area contributed by atoms with Gasteiger partial charge in [-0.05, 0) is 64.1 Å². The number of nitrogens with one attached hydrogen (secondary N) is 1. The van der Waals surface area contributed by atoms with Crippen LogP contribution >= 0.6 is 11.6 Å². The summed E-state index contributed by atoms with van der Waals surface area (Å²) in [5.41, 5.74) is -0.902. The maximum absolute atomic E-state index is 13.7. The molecule has 0 aliphatic rings. The minimum atomic E-state index is -1.15. The zero-order valence-corrected chi connectivity index (χ0v) is 20.6. The Labute approximate surface area is 203 Å². The van der Waals surface area contributed by atoms with Crippen molar-refractivity contribution in [2.45, 2.75) is 39.4 Å². The van der Waals surface area contributed by atoms with Crippen molar-refractivity contribution in [2.24, 2.45) is 0 Å². The van der Waals surface area contributed by atoms with Crippen LogP contribution in [0.15, 0.2) is 59.4 Å². The van der Waals surface area contributed by atoms with Gasteiger partial charge in [-0.25, -0.2) is 4.39 Å². The zero-order chi connectivity index (χ0) is 25.5. The molecule has 0 aliphatic heterocycles. The molecule has 0 bridgehead atoms. The van der Waals surface area contributed by atoms with Gasteiger partial charge < -0.3 is 15.2 Å². The highest BCUT2D eigenvalue weighted by molar-refractivity contribution is 6.30. The van der Waals surface area contributed by atoms with E-state index in [1.165, 1.54) is 38.1 Å². The van der Waals surface area contributed by atoms with Gasteiger partial charge in [-0.2, -0.15) is 9.78 Å². The van der Waals surface area contributed by atoms with Crippen LogP contribution in [-0.2, 0) is 4.74 Å². The molecule has 34 heavy (non-hydrogen) atoms. The maximum Gasteiger partial charge on any atom is 0.284 e. The van der Waals surface area contributed by atoms with Crippen LogP contribution in [0, 0.1) is 5.82 Å². The van der Waals surface area contributed by atoms with Crippen LogP contribution in [0.1, 0.15) is 38.1 Å². The molecule has 182 valence electrons. The van der Waals surface area contributed by atoms with Gasteiger partial charge in [0.25, 0.3) is 11.5 Å². The van der Waals surface area contributed by atoms with E-state index >= 15 is 0 Å². The molecular formula is C25H29ClFN3O4. The van der Waals surface area contributed by atoms with E-state index in [9.17, 15) is 19.1 Å². The molecular weight excluding hydrogens is 461 g/mol. The van der Waals surface area contributed by atoms with Crippen molar-refractivity contribution >= 4 is 17.5 Å². The number of hydrogen-bond donors (Lipinski definition) is 2. The van der Waals surface area contributed by atoms with E-state index in [0.717, 1.165) is 10.7 Å². The highest BCUT2D eigenvalue weighted by Crippen LogP contribution is 2.20. The largest absolute Gasteiger partial charge is 0.389 e. The number of aromatic nitrogens is 2. The van der Waals surface area contributed by atoms with Gasteiger partial charge in [-0.3, -0.25) is 9.59 Å². The van der Waals surface area contributed by atoms with E-state index in [1.54, 1.807) is 31.4 Å². The van der Waals surface area contributed by atoms with Crippen LogP contribution in [-0.4, -0.2) is 46.2 Å². The average molecular weight is 490 g/mol. The lowest BCUT2D eigenvalue weighted by Gasteiger charge is -2.18. The smallest absolute Gasteiger partial charge is 0.284 e. The minimum Gasteiger partial charge on any atom is -0.389 e. The second kappa shape index (κ2) is 11.9. The van der Waals surface area contributed by atoms with Crippen LogP contribution in [0.2, 0.25) is 5.02 Å². The molecule has 0 saturated carbocycles. The van der Waals surface area contributed by atoms with Gasteiger partial charge in [0.05, 0.1) is 23.1 Å². The molecule has 0 aliphatic carbocycles. The molecule has 0 spiro atoms. The van der Waals surface area contributed by atoms with E-state index in [1.807, 2.05) is 13.8 Å². The lowest BCUT2D eigenvalue weighted by molar-refractivity contribution is 0.0693. The third-order valence-corrected chi connectivity index (χ3v) is 4.75. The molecule has 3 rings (SSSR count). The number of aliphatic hydroxyl groups is 1. The van der Waals surface area contributed by atoms with Crippen molar-refractivity contribution in [3.63, 3.8) is 0 Å². The first-order valence-corrected chi connectivity index (χ1v) is 11.0. The number of methoxy groups -OCH3 is 1. The maximum atomic E-state index is 13.7. The molecule has 0 fully saturated rings. The summed E-state index contributed by atoms with van der Waals surface area (Å²) in [7, 11) is 1.70. The molecule has 3 aromatic rings. The van der Waals surface area contributed by atoms with Crippen molar-refractivity contribution in [3.05, 3.63) is 81.4 Å². The van der Waals surface area contributed by atoms with Gasteiger partial charge in [0.15, 0.2) is 0 Å². The van der Waals surface area contributed by atoms with E-state index in [-0.39, 0.29) is 17.8 Å². The standard InChI is InChI=1S/C21H19ClFN3O3.C4H10O/c1-21(2,29)12-24-19(27)17-11-18(13-6-8-14(22)9-7-13)25-26(20(17)28)16-5-3-4-15(23)10-16;1-4(2)5-3/h3-11,29H,12H2,1-2H3,(H,24,27);4H,1-3H3. The summed E-state index contributed by atoms with van der Waals surface area (Å²) >= 11 is 5.93. The molecule has 0 unspecified atom stereocenters. The highest BCUT2D eigenvalue weighted by Gasteiger charge is 2.20. The summed E-state index contributed by atoms with van der Waals surface area (Å²) in [5, 5.41) is 17.2. The second-order valence-corrected chi connectivity index (χ2v) is 8.86. The average Bonchev–Trinajstić information content (AvgIpc) is 2.78. The van der Waals surface area contributed by atoms with Gasteiger partial charge in [0, 0.05) is 24.2 Å². The molecule has 7 nitrogen and oxygen atoms in total. The first-order valence-electron chi connectivity index (χ1n) is 10.6. The Morgan fingerprint density at radius 2 is 1.82 bits per heavy atom. The topological polar surface area (TPSA) is 93.5 Å². The van der Waals surface area contributed by atoms with Crippen LogP contribution in [0.4, 0.5) is 4.39 Å². The first-order chi connectivity index (χ1) is 15.9. The van der Waals surface area contributed by atoms with E-state index < -0.39 is 22.9 Å². The van der Waals surface area contributed by atoms with Crippen LogP contribution in [0.5, 0.6) is 0 Å². The Morgan fingerprint density at radius 1 is 1.21 bits per heavy atom. The van der Waals surface area contributed by atoms with E-state index in [0.29, 0.717) is 22.4 Å². The lowest BCUT2D eigenvalue weighted by Crippen LogP contribution is -2.41. The van der Waals surface area contributed by atoms with E-state index in [4.69, 9.17) is 16.3 Å². The summed E-state index contributed by atoms with van der Waals surface area (Å²) in [6, 6.07) is 13.4. The Bertz CT molecular complexity index is 1170. The Kier molecular flexibility index (Phi) is 9.49. The molecule has 9 heteroatoms. The minimum absolute atomic E-state index is 0.0517. The molecule has 2 aromatic carbocycles. The van der Waals surface area contributed by atoms with Crippen molar-refractivity contribution in [3.8, 4) is 16.9 Å². The van der Waals surface area contributed by atoms with Gasteiger partial charge in [0.2, 0.25) is 0 Å². The molecule has 1 aromatic heterocycles. The third-order valence-electron chi connectivity index (χ3n) is 4.50. The van der Waals surface area contributed by atoms with E-state index in [2.05, 4.69) is 10.4 Å². The summed E-state index contributed by atoms with van der Waals surface area (Å²) in [4.78, 5) is 25.6.